The molecule has 0 saturated carbocycles. The van der Waals surface area contributed by atoms with E-state index in [1.54, 1.807) is 12.3 Å². The highest BCUT2D eigenvalue weighted by Crippen LogP contribution is 2.37. The molecule has 6 heteroatoms. The summed E-state index contributed by atoms with van der Waals surface area (Å²) >= 11 is 13.7. The molecule has 21 heavy (non-hydrogen) atoms. The van der Waals surface area contributed by atoms with E-state index in [1.165, 1.54) is 11.8 Å². The van der Waals surface area contributed by atoms with Crippen molar-refractivity contribution in [2.75, 3.05) is 18.0 Å². The number of aryl methyl sites for hydroxylation is 1. The number of rotatable bonds is 5. The Morgan fingerprint density at radius 3 is 2.52 bits per heavy atom. The molecule has 0 atom stereocenters. The van der Waals surface area contributed by atoms with E-state index >= 15 is 0 Å². The molecule has 1 aromatic heterocycles. The number of anilines is 1. The van der Waals surface area contributed by atoms with Gasteiger partial charge in [0.2, 0.25) is 0 Å². The summed E-state index contributed by atoms with van der Waals surface area (Å²) < 4.78 is 0. The van der Waals surface area contributed by atoms with Crippen LogP contribution in [-0.2, 0) is 0 Å². The molecule has 0 aliphatic rings. The second-order valence-corrected chi connectivity index (χ2v) is 6.26. The number of hydrogen-bond donors (Lipinski definition) is 0. The standard InChI is InChI=1S/C15H17Cl2N3S/c1-4-20(5-2)13-9-18-15(10(3)19-13)21-12-8-6-7-11(16)14(12)17/h6-9H,4-5H2,1-3H3. The first-order valence-corrected chi connectivity index (χ1v) is 8.34. The van der Waals surface area contributed by atoms with Gasteiger partial charge >= 0.3 is 0 Å². The topological polar surface area (TPSA) is 29.0 Å². The minimum Gasteiger partial charge on any atom is -0.356 e. The Morgan fingerprint density at radius 1 is 1.19 bits per heavy atom. The molecule has 2 rings (SSSR count). The van der Waals surface area contributed by atoms with Crippen molar-refractivity contribution < 1.29 is 0 Å². The molecule has 0 amide bonds. The Hall–Kier alpha value is -0.970. The van der Waals surface area contributed by atoms with E-state index < -0.39 is 0 Å². The zero-order valence-corrected chi connectivity index (χ0v) is 14.6. The average Bonchev–Trinajstić information content (AvgIpc) is 2.47. The number of aromatic nitrogens is 2. The van der Waals surface area contributed by atoms with Crippen molar-refractivity contribution >= 4 is 40.8 Å². The van der Waals surface area contributed by atoms with Gasteiger partial charge in [-0.05, 0) is 32.9 Å². The normalized spacial score (nSPS) is 10.7. The van der Waals surface area contributed by atoms with Gasteiger partial charge < -0.3 is 4.90 Å². The molecule has 0 unspecified atom stereocenters. The van der Waals surface area contributed by atoms with Crippen molar-refractivity contribution in [2.45, 2.75) is 30.7 Å². The fourth-order valence-corrected chi connectivity index (χ4v) is 3.25. The van der Waals surface area contributed by atoms with E-state index in [-0.39, 0.29) is 0 Å². The Morgan fingerprint density at radius 2 is 1.90 bits per heavy atom. The third-order valence-corrected chi connectivity index (χ3v) is 5.18. The highest BCUT2D eigenvalue weighted by atomic mass is 35.5. The van der Waals surface area contributed by atoms with Gasteiger partial charge in [-0.25, -0.2) is 9.97 Å². The van der Waals surface area contributed by atoms with Crippen molar-refractivity contribution in [1.29, 1.82) is 0 Å². The Bertz CT molecular complexity index is 630. The van der Waals surface area contributed by atoms with Gasteiger partial charge in [0.15, 0.2) is 0 Å². The molecule has 0 aliphatic heterocycles. The predicted molar refractivity (Wildman–Crippen MR) is 90.9 cm³/mol. The predicted octanol–water partition coefficient (Wildman–Crippen LogP) is 5.09. The van der Waals surface area contributed by atoms with Gasteiger partial charge in [0.05, 0.1) is 21.9 Å². The van der Waals surface area contributed by atoms with Crippen LogP contribution in [0.4, 0.5) is 5.82 Å². The van der Waals surface area contributed by atoms with Gasteiger partial charge in [-0.3, -0.25) is 0 Å². The molecule has 112 valence electrons. The lowest BCUT2D eigenvalue weighted by molar-refractivity contribution is 0.823. The summed E-state index contributed by atoms with van der Waals surface area (Å²) in [5.74, 6) is 0.902. The summed E-state index contributed by atoms with van der Waals surface area (Å²) in [6.07, 6.45) is 1.81. The largest absolute Gasteiger partial charge is 0.356 e. The van der Waals surface area contributed by atoms with Crippen LogP contribution in [0, 0.1) is 6.92 Å². The fraction of sp³-hybridized carbons (Fsp3) is 0.333. The summed E-state index contributed by atoms with van der Waals surface area (Å²) in [6, 6.07) is 5.58. The quantitative estimate of drug-likeness (QED) is 0.757. The molecule has 0 radical (unpaired) electrons. The number of nitrogens with zero attached hydrogens (tertiary/aromatic N) is 3. The average molecular weight is 342 g/mol. The number of hydrogen-bond acceptors (Lipinski definition) is 4. The zero-order chi connectivity index (χ0) is 15.4. The smallest absolute Gasteiger partial charge is 0.147 e. The molecule has 0 spiro atoms. The van der Waals surface area contributed by atoms with Gasteiger partial charge in [-0.2, -0.15) is 0 Å². The summed E-state index contributed by atoms with van der Waals surface area (Å²) in [5.41, 5.74) is 0.889. The molecule has 2 aromatic rings. The number of benzene rings is 1. The van der Waals surface area contributed by atoms with Gasteiger partial charge in [0.1, 0.15) is 10.8 Å². The van der Waals surface area contributed by atoms with E-state index in [9.17, 15) is 0 Å². The number of halogens is 2. The van der Waals surface area contributed by atoms with Crippen LogP contribution >= 0.6 is 35.0 Å². The second kappa shape index (κ2) is 7.34. The van der Waals surface area contributed by atoms with Crippen molar-refractivity contribution in [3.8, 4) is 0 Å². The van der Waals surface area contributed by atoms with Crippen LogP contribution in [0.1, 0.15) is 19.5 Å². The van der Waals surface area contributed by atoms with Crippen molar-refractivity contribution in [3.63, 3.8) is 0 Å². The molecular weight excluding hydrogens is 325 g/mol. The Balaban J connectivity index is 2.27. The molecule has 1 aromatic carbocycles. The maximum Gasteiger partial charge on any atom is 0.147 e. The van der Waals surface area contributed by atoms with Gasteiger partial charge in [-0.1, -0.05) is 41.0 Å². The molecular formula is C15H17Cl2N3S. The molecule has 3 nitrogen and oxygen atoms in total. The summed E-state index contributed by atoms with van der Waals surface area (Å²) in [4.78, 5) is 12.2. The monoisotopic (exact) mass is 341 g/mol. The Kier molecular flexibility index (Phi) is 5.73. The maximum absolute atomic E-state index is 6.21. The summed E-state index contributed by atoms with van der Waals surface area (Å²) in [7, 11) is 0. The van der Waals surface area contributed by atoms with E-state index in [2.05, 4.69) is 28.7 Å². The highest BCUT2D eigenvalue weighted by Gasteiger charge is 2.12. The van der Waals surface area contributed by atoms with Crippen LogP contribution < -0.4 is 4.90 Å². The zero-order valence-electron chi connectivity index (χ0n) is 12.2. The molecule has 0 bridgehead atoms. The summed E-state index contributed by atoms with van der Waals surface area (Å²) in [5, 5.41) is 1.94. The van der Waals surface area contributed by atoms with Crippen molar-refractivity contribution in [1.82, 2.24) is 9.97 Å². The van der Waals surface area contributed by atoms with E-state index in [0.29, 0.717) is 10.0 Å². The lowest BCUT2D eigenvalue weighted by atomic mass is 10.4. The van der Waals surface area contributed by atoms with E-state index in [1.807, 2.05) is 19.1 Å². The molecule has 1 heterocycles. The van der Waals surface area contributed by atoms with Crippen LogP contribution in [0.25, 0.3) is 0 Å². The minimum atomic E-state index is 0.548. The molecule has 0 fully saturated rings. The van der Waals surface area contributed by atoms with Crippen molar-refractivity contribution in [3.05, 3.63) is 40.1 Å². The first-order valence-electron chi connectivity index (χ1n) is 6.77. The minimum absolute atomic E-state index is 0.548. The van der Waals surface area contributed by atoms with Gasteiger partial charge in [0.25, 0.3) is 0 Å². The third kappa shape index (κ3) is 3.82. The lowest BCUT2D eigenvalue weighted by Crippen LogP contribution is -2.23. The van der Waals surface area contributed by atoms with Crippen LogP contribution in [0.3, 0.4) is 0 Å². The van der Waals surface area contributed by atoms with Crippen LogP contribution in [0.5, 0.6) is 0 Å². The fourth-order valence-electron chi connectivity index (χ4n) is 1.93. The van der Waals surface area contributed by atoms with Crippen molar-refractivity contribution in [2.24, 2.45) is 0 Å². The van der Waals surface area contributed by atoms with E-state index in [4.69, 9.17) is 23.2 Å². The highest BCUT2D eigenvalue weighted by molar-refractivity contribution is 7.99. The third-order valence-electron chi connectivity index (χ3n) is 3.10. The van der Waals surface area contributed by atoms with Gasteiger partial charge in [0, 0.05) is 18.0 Å². The van der Waals surface area contributed by atoms with Crippen LogP contribution in [0.15, 0.2) is 34.3 Å². The van der Waals surface area contributed by atoms with Crippen LogP contribution in [-0.4, -0.2) is 23.1 Å². The van der Waals surface area contributed by atoms with Crippen LogP contribution in [0.2, 0.25) is 10.0 Å². The molecule has 0 aliphatic carbocycles. The molecule has 0 N–H and O–H groups in total. The lowest BCUT2D eigenvalue weighted by Gasteiger charge is -2.20. The second-order valence-electron chi connectivity index (χ2n) is 4.45. The summed E-state index contributed by atoms with van der Waals surface area (Å²) in [6.45, 7) is 8.00. The molecule has 0 saturated heterocycles. The Labute approximate surface area is 139 Å². The first kappa shape index (κ1) is 16.4. The van der Waals surface area contributed by atoms with E-state index in [0.717, 1.165) is 34.5 Å². The van der Waals surface area contributed by atoms with Gasteiger partial charge in [-0.15, -0.1) is 0 Å². The SMILES string of the molecule is CCN(CC)c1cnc(Sc2cccc(Cl)c2Cl)c(C)n1. The first-order chi connectivity index (χ1) is 10.1. The maximum atomic E-state index is 6.21.